The van der Waals surface area contributed by atoms with Crippen molar-refractivity contribution in [1.29, 1.82) is 0 Å². The molecule has 2 heterocycles. The molecule has 2 aromatic heterocycles. The number of hydrogen-bond acceptors (Lipinski definition) is 5. The molecule has 2 aromatic carbocycles. The number of aromatic nitrogens is 3. The third-order valence-corrected chi connectivity index (χ3v) is 5.65. The van der Waals surface area contributed by atoms with Gasteiger partial charge in [0.1, 0.15) is 6.10 Å². The Hall–Kier alpha value is -3.38. The van der Waals surface area contributed by atoms with E-state index >= 15 is 0 Å². The van der Waals surface area contributed by atoms with Gasteiger partial charge in [-0.2, -0.15) is 5.10 Å². The molecule has 1 atom stereocenters. The average Bonchev–Trinajstić information content (AvgIpc) is 3.20. The monoisotopic (exact) mass is 460 g/mol. The van der Waals surface area contributed by atoms with Gasteiger partial charge in [0.05, 0.1) is 18.0 Å². The summed E-state index contributed by atoms with van der Waals surface area (Å²) in [6, 6.07) is 20.7. The molecular weight excluding hydrogens is 424 g/mol. The second-order valence-electron chi connectivity index (χ2n) is 8.77. The first-order valence-electron chi connectivity index (χ1n) is 11.9. The van der Waals surface area contributed by atoms with Crippen LogP contribution in [0.2, 0.25) is 0 Å². The van der Waals surface area contributed by atoms with Crippen LogP contribution in [0.15, 0.2) is 73.1 Å². The molecule has 6 heteroatoms. The van der Waals surface area contributed by atoms with Crippen LogP contribution in [0.1, 0.15) is 51.3 Å². The molecular formula is C28H36N4O2. The van der Waals surface area contributed by atoms with E-state index in [0.29, 0.717) is 18.8 Å². The van der Waals surface area contributed by atoms with Gasteiger partial charge in [-0.1, -0.05) is 74.5 Å². The molecule has 0 aliphatic heterocycles. The number of aryl methyl sites for hydroxylation is 1. The molecule has 4 aromatic rings. The zero-order valence-corrected chi connectivity index (χ0v) is 21.1. The number of ether oxygens (including phenoxy) is 1. The molecule has 0 fully saturated rings. The first kappa shape index (κ1) is 25.2. The summed E-state index contributed by atoms with van der Waals surface area (Å²) in [6.07, 6.45) is 3.22. The van der Waals surface area contributed by atoms with E-state index < -0.39 is 11.7 Å². The summed E-state index contributed by atoms with van der Waals surface area (Å²) in [4.78, 5) is 7.19. The van der Waals surface area contributed by atoms with Gasteiger partial charge in [-0.25, -0.2) is 9.50 Å². The predicted molar refractivity (Wildman–Crippen MR) is 138 cm³/mol. The summed E-state index contributed by atoms with van der Waals surface area (Å²) < 4.78 is 8.00. The molecule has 4 rings (SSSR count). The Morgan fingerprint density at radius 1 is 0.971 bits per heavy atom. The Labute approximate surface area is 202 Å². The standard InChI is InChI=1S/C26H30N4O2.C2H6/c1-19-15-27-30-18-23(32-20(2)26(3,4)31)25(28-24(19)30)29(16-21-11-7-5-8-12-21)17-22-13-9-6-10-14-22;1-2/h5-15,18,20,31H,16-17H2,1-4H3;1-2H3. The molecule has 0 radical (unpaired) electrons. The highest BCUT2D eigenvalue weighted by Gasteiger charge is 2.27. The molecule has 34 heavy (non-hydrogen) atoms. The second-order valence-corrected chi connectivity index (χ2v) is 8.77. The lowest BCUT2D eigenvalue weighted by molar-refractivity contribution is -0.0242. The smallest absolute Gasteiger partial charge is 0.180 e. The van der Waals surface area contributed by atoms with E-state index in [1.165, 1.54) is 11.1 Å². The lowest BCUT2D eigenvalue weighted by atomic mass is 10.0. The highest BCUT2D eigenvalue weighted by Crippen LogP contribution is 2.32. The maximum absolute atomic E-state index is 10.5. The van der Waals surface area contributed by atoms with Crippen LogP contribution >= 0.6 is 0 Å². The highest BCUT2D eigenvalue weighted by molar-refractivity contribution is 5.60. The van der Waals surface area contributed by atoms with Gasteiger partial charge in [-0.3, -0.25) is 0 Å². The molecule has 0 bridgehead atoms. The molecule has 0 amide bonds. The lowest BCUT2D eigenvalue weighted by Crippen LogP contribution is -2.38. The second kappa shape index (κ2) is 11.2. The Morgan fingerprint density at radius 2 is 1.50 bits per heavy atom. The average molecular weight is 461 g/mol. The largest absolute Gasteiger partial charge is 0.482 e. The van der Waals surface area contributed by atoms with Gasteiger partial charge < -0.3 is 14.7 Å². The fraction of sp³-hybridized carbons (Fsp3) is 0.357. The summed E-state index contributed by atoms with van der Waals surface area (Å²) in [5, 5.41) is 14.9. The Morgan fingerprint density at radius 3 is 2.00 bits per heavy atom. The molecule has 180 valence electrons. The minimum absolute atomic E-state index is 0.438. The van der Waals surface area contributed by atoms with Gasteiger partial charge in [0.15, 0.2) is 17.2 Å². The Bertz CT molecular complexity index is 1130. The third-order valence-electron chi connectivity index (χ3n) is 5.65. The molecule has 0 spiro atoms. The molecule has 0 saturated carbocycles. The third kappa shape index (κ3) is 6.14. The van der Waals surface area contributed by atoms with Crippen molar-refractivity contribution in [3.63, 3.8) is 0 Å². The van der Waals surface area contributed by atoms with Gasteiger partial charge in [0.25, 0.3) is 0 Å². The van der Waals surface area contributed by atoms with Crippen molar-refractivity contribution in [2.75, 3.05) is 4.90 Å². The van der Waals surface area contributed by atoms with Gasteiger partial charge in [0.2, 0.25) is 0 Å². The zero-order valence-electron chi connectivity index (χ0n) is 21.1. The highest BCUT2D eigenvalue weighted by atomic mass is 16.5. The van der Waals surface area contributed by atoms with Crippen LogP contribution in [-0.2, 0) is 13.1 Å². The van der Waals surface area contributed by atoms with Gasteiger partial charge in [-0.15, -0.1) is 0 Å². The van der Waals surface area contributed by atoms with E-state index in [-0.39, 0.29) is 0 Å². The first-order valence-corrected chi connectivity index (χ1v) is 11.9. The number of benzene rings is 2. The van der Waals surface area contributed by atoms with Gasteiger partial charge in [-0.05, 0) is 38.8 Å². The van der Waals surface area contributed by atoms with Crippen molar-refractivity contribution < 1.29 is 9.84 Å². The van der Waals surface area contributed by atoms with Gasteiger partial charge in [0, 0.05) is 18.7 Å². The van der Waals surface area contributed by atoms with Crippen LogP contribution in [-0.4, -0.2) is 31.4 Å². The van der Waals surface area contributed by atoms with E-state index in [1.807, 2.05) is 70.3 Å². The van der Waals surface area contributed by atoms with Crippen LogP contribution in [0.5, 0.6) is 5.75 Å². The van der Waals surface area contributed by atoms with Crippen LogP contribution < -0.4 is 9.64 Å². The molecule has 0 aliphatic carbocycles. The minimum atomic E-state index is -1.00. The summed E-state index contributed by atoms with van der Waals surface area (Å²) in [6.45, 7) is 12.7. The van der Waals surface area contributed by atoms with Crippen molar-refractivity contribution in [3.05, 3.63) is 89.7 Å². The zero-order chi connectivity index (χ0) is 24.7. The molecule has 1 N–H and O–H groups in total. The lowest BCUT2D eigenvalue weighted by Gasteiger charge is -2.30. The summed E-state index contributed by atoms with van der Waals surface area (Å²) >= 11 is 0. The van der Waals surface area contributed by atoms with Crippen molar-refractivity contribution in [2.45, 2.75) is 66.3 Å². The van der Waals surface area contributed by atoms with Crippen LogP contribution in [0.3, 0.4) is 0 Å². The van der Waals surface area contributed by atoms with Crippen molar-refractivity contribution in [2.24, 2.45) is 0 Å². The van der Waals surface area contributed by atoms with Crippen LogP contribution in [0, 0.1) is 6.92 Å². The maximum Gasteiger partial charge on any atom is 0.180 e. The summed E-state index contributed by atoms with van der Waals surface area (Å²) in [5.74, 6) is 1.31. The first-order chi connectivity index (χ1) is 16.3. The number of hydrogen-bond donors (Lipinski definition) is 1. The summed E-state index contributed by atoms with van der Waals surface area (Å²) in [7, 11) is 0. The molecule has 1 unspecified atom stereocenters. The number of anilines is 1. The Balaban J connectivity index is 0.00000158. The predicted octanol–water partition coefficient (Wildman–Crippen LogP) is 5.81. The molecule has 0 saturated heterocycles. The van der Waals surface area contributed by atoms with Crippen molar-refractivity contribution >= 4 is 11.5 Å². The fourth-order valence-electron chi connectivity index (χ4n) is 3.46. The molecule has 6 nitrogen and oxygen atoms in total. The van der Waals surface area contributed by atoms with E-state index in [9.17, 15) is 5.11 Å². The number of nitrogens with zero attached hydrogens (tertiary/aromatic N) is 4. The van der Waals surface area contributed by atoms with E-state index in [0.717, 1.165) is 17.0 Å². The van der Waals surface area contributed by atoms with Crippen LogP contribution in [0.25, 0.3) is 5.65 Å². The van der Waals surface area contributed by atoms with Crippen LogP contribution in [0.4, 0.5) is 5.82 Å². The number of fused-ring (bicyclic) bond motifs is 1. The van der Waals surface area contributed by atoms with Crippen molar-refractivity contribution in [1.82, 2.24) is 14.6 Å². The quantitative estimate of drug-likeness (QED) is 0.360. The van der Waals surface area contributed by atoms with E-state index in [2.05, 4.69) is 34.3 Å². The minimum Gasteiger partial charge on any atom is -0.482 e. The normalized spacial score (nSPS) is 12.1. The summed E-state index contributed by atoms with van der Waals surface area (Å²) in [5.41, 5.74) is 3.13. The van der Waals surface area contributed by atoms with E-state index in [4.69, 9.17) is 9.72 Å². The maximum atomic E-state index is 10.5. The molecule has 0 aliphatic rings. The SMILES string of the molecule is CC.Cc1cnn2cc(OC(C)C(C)(C)O)c(N(Cc3ccccc3)Cc3ccccc3)nc12. The van der Waals surface area contributed by atoms with E-state index in [1.54, 1.807) is 24.6 Å². The number of rotatable bonds is 8. The topological polar surface area (TPSA) is 62.9 Å². The Kier molecular flexibility index (Phi) is 8.29. The fourth-order valence-corrected chi connectivity index (χ4v) is 3.46. The van der Waals surface area contributed by atoms with Gasteiger partial charge >= 0.3 is 0 Å². The van der Waals surface area contributed by atoms with Crippen molar-refractivity contribution in [3.8, 4) is 5.75 Å². The number of aliphatic hydroxyl groups is 1.